The molecule has 45 heavy (non-hydrogen) atoms. The van der Waals surface area contributed by atoms with Crippen molar-refractivity contribution >= 4 is 52.6 Å². The standard InChI is InChI=1S/C34H31F3N4O3S/c1-22(31(42)39-27-11-7-10-25(21-27)34(35,36)37)45-29-18-14-26(15-19-29)38-33(44)30(40-32(43)24-8-5-4-6-9-24)20-23-12-16-28(17-13-23)41(2)3/h4-22H,1-3H3,(H,38,44)(H,39,42)(H,40,43)/b30-20-. The Labute approximate surface area is 263 Å². The van der Waals surface area contributed by atoms with E-state index in [1.807, 2.05) is 43.3 Å². The maximum Gasteiger partial charge on any atom is 0.416 e. The third kappa shape index (κ3) is 9.48. The minimum absolute atomic E-state index is 0.0415. The summed E-state index contributed by atoms with van der Waals surface area (Å²) in [6.45, 7) is 1.64. The van der Waals surface area contributed by atoms with Crippen LogP contribution < -0.4 is 20.9 Å². The predicted octanol–water partition coefficient (Wildman–Crippen LogP) is 7.30. The first-order chi connectivity index (χ1) is 21.4. The van der Waals surface area contributed by atoms with Gasteiger partial charge in [0.15, 0.2) is 0 Å². The molecule has 232 valence electrons. The minimum atomic E-state index is -4.51. The lowest BCUT2D eigenvalue weighted by molar-refractivity contribution is -0.137. The van der Waals surface area contributed by atoms with Gasteiger partial charge in [0.2, 0.25) is 5.91 Å². The van der Waals surface area contributed by atoms with Crippen molar-refractivity contribution in [3.63, 3.8) is 0 Å². The third-order valence-electron chi connectivity index (χ3n) is 6.50. The number of halogens is 3. The molecule has 0 aliphatic rings. The molecule has 0 spiro atoms. The number of thioether (sulfide) groups is 1. The zero-order chi connectivity index (χ0) is 32.6. The van der Waals surface area contributed by atoms with E-state index in [1.165, 1.54) is 23.9 Å². The lowest BCUT2D eigenvalue weighted by Crippen LogP contribution is -2.30. The van der Waals surface area contributed by atoms with Gasteiger partial charge in [-0.15, -0.1) is 11.8 Å². The monoisotopic (exact) mass is 632 g/mol. The van der Waals surface area contributed by atoms with Gasteiger partial charge < -0.3 is 20.9 Å². The number of benzene rings is 4. The van der Waals surface area contributed by atoms with Crippen molar-refractivity contribution in [1.82, 2.24) is 5.32 Å². The van der Waals surface area contributed by atoms with Crippen LogP contribution >= 0.6 is 11.8 Å². The second kappa shape index (κ2) is 14.6. The predicted molar refractivity (Wildman–Crippen MR) is 173 cm³/mol. The summed E-state index contributed by atoms with van der Waals surface area (Å²) < 4.78 is 39.0. The fourth-order valence-electron chi connectivity index (χ4n) is 4.07. The van der Waals surface area contributed by atoms with Gasteiger partial charge >= 0.3 is 6.18 Å². The third-order valence-corrected chi connectivity index (χ3v) is 7.61. The Morgan fingerprint density at radius 1 is 0.800 bits per heavy atom. The highest BCUT2D eigenvalue weighted by molar-refractivity contribution is 8.00. The van der Waals surface area contributed by atoms with Crippen LogP contribution in [0, 0.1) is 0 Å². The Hall–Kier alpha value is -5.03. The molecule has 4 aromatic rings. The fourth-order valence-corrected chi connectivity index (χ4v) is 4.94. The van der Waals surface area contributed by atoms with Crippen LogP contribution in [-0.2, 0) is 15.8 Å². The topological polar surface area (TPSA) is 90.5 Å². The number of hydrogen-bond donors (Lipinski definition) is 3. The van der Waals surface area contributed by atoms with Gasteiger partial charge in [0, 0.05) is 41.6 Å². The lowest BCUT2D eigenvalue weighted by atomic mass is 10.1. The summed E-state index contributed by atoms with van der Waals surface area (Å²) in [5.41, 5.74) is 1.78. The van der Waals surface area contributed by atoms with Crippen LogP contribution in [-0.4, -0.2) is 37.1 Å². The Bertz CT molecular complexity index is 1670. The Morgan fingerprint density at radius 2 is 1.47 bits per heavy atom. The molecule has 0 fully saturated rings. The maximum atomic E-state index is 13.3. The molecule has 0 bridgehead atoms. The number of amides is 3. The first kappa shape index (κ1) is 32.9. The Morgan fingerprint density at radius 3 is 2.09 bits per heavy atom. The number of alkyl halides is 3. The SMILES string of the molecule is CC(Sc1ccc(NC(=O)/C(=C/c2ccc(N(C)C)cc2)NC(=O)c2ccccc2)cc1)C(=O)Nc1cccc(C(F)(F)F)c1. The molecule has 1 unspecified atom stereocenters. The molecule has 0 saturated heterocycles. The van der Waals surface area contributed by atoms with Crippen LogP contribution in [0.4, 0.5) is 30.2 Å². The number of nitrogens with one attached hydrogen (secondary N) is 3. The van der Waals surface area contributed by atoms with Crippen molar-refractivity contribution in [3.05, 3.63) is 126 Å². The van der Waals surface area contributed by atoms with Gasteiger partial charge in [-0.3, -0.25) is 14.4 Å². The maximum absolute atomic E-state index is 13.3. The normalized spacial score (nSPS) is 12.2. The summed E-state index contributed by atoms with van der Waals surface area (Å²) in [6, 6.07) is 27.2. The van der Waals surface area contributed by atoms with E-state index in [2.05, 4.69) is 16.0 Å². The molecular weight excluding hydrogens is 601 g/mol. The molecule has 0 radical (unpaired) electrons. The molecule has 0 aliphatic carbocycles. The fraction of sp³-hybridized carbons (Fsp3) is 0.147. The Balaban J connectivity index is 1.43. The molecule has 3 amide bonds. The average molecular weight is 633 g/mol. The number of carbonyl (C=O) groups excluding carboxylic acids is 3. The number of hydrogen-bond acceptors (Lipinski definition) is 5. The summed E-state index contributed by atoms with van der Waals surface area (Å²) in [5, 5.41) is 7.40. The highest BCUT2D eigenvalue weighted by Gasteiger charge is 2.30. The van der Waals surface area contributed by atoms with Crippen LogP contribution in [0.25, 0.3) is 6.08 Å². The van der Waals surface area contributed by atoms with Crippen molar-refractivity contribution in [2.24, 2.45) is 0 Å². The molecule has 4 aromatic carbocycles. The molecule has 0 heterocycles. The van der Waals surface area contributed by atoms with Crippen LogP contribution in [0.15, 0.2) is 114 Å². The van der Waals surface area contributed by atoms with E-state index >= 15 is 0 Å². The molecule has 0 saturated carbocycles. The number of carbonyl (C=O) groups is 3. The number of nitrogens with zero attached hydrogens (tertiary/aromatic N) is 1. The average Bonchev–Trinajstić information content (AvgIpc) is 3.02. The summed E-state index contributed by atoms with van der Waals surface area (Å²) in [5.74, 6) is -1.43. The summed E-state index contributed by atoms with van der Waals surface area (Å²) >= 11 is 1.21. The Kier molecular flexibility index (Phi) is 10.7. The summed E-state index contributed by atoms with van der Waals surface area (Å²) in [4.78, 5) is 41.5. The first-order valence-corrected chi connectivity index (χ1v) is 14.7. The second-order valence-corrected chi connectivity index (χ2v) is 11.6. The van der Waals surface area contributed by atoms with E-state index < -0.39 is 34.7 Å². The smallest absolute Gasteiger partial charge is 0.378 e. The minimum Gasteiger partial charge on any atom is -0.378 e. The van der Waals surface area contributed by atoms with Crippen molar-refractivity contribution in [3.8, 4) is 0 Å². The first-order valence-electron chi connectivity index (χ1n) is 13.8. The molecule has 7 nitrogen and oxygen atoms in total. The van der Waals surface area contributed by atoms with E-state index in [1.54, 1.807) is 67.6 Å². The molecule has 4 rings (SSSR count). The van der Waals surface area contributed by atoms with Gasteiger partial charge in [-0.2, -0.15) is 13.2 Å². The van der Waals surface area contributed by atoms with Crippen molar-refractivity contribution in [2.45, 2.75) is 23.2 Å². The number of rotatable bonds is 10. The van der Waals surface area contributed by atoms with Crippen molar-refractivity contribution < 1.29 is 27.6 Å². The van der Waals surface area contributed by atoms with Crippen LogP contribution in [0.1, 0.15) is 28.4 Å². The summed E-state index contributed by atoms with van der Waals surface area (Å²) in [6.07, 6.45) is -2.93. The molecule has 0 aromatic heterocycles. The highest BCUT2D eigenvalue weighted by Crippen LogP contribution is 2.31. The van der Waals surface area contributed by atoms with Gasteiger partial charge in [-0.05, 0) is 85.3 Å². The van der Waals surface area contributed by atoms with Gasteiger partial charge in [0.1, 0.15) is 5.70 Å². The quantitative estimate of drug-likeness (QED) is 0.126. The van der Waals surface area contributed by atoms with Gasteiger partial charge in [0.25, 0.3) is 11.8 Å². The number of anilines is 3. The summed E-state index contributed by atoms with van der Waals surface area (Å²) in [7, 11) is 3.84. The van der Waals surface area contributed by atoms with Gasteiger partial charge in [-0.1, -0.05) is 36.4 Å². The highest BCUT2D eigenvalue weighted by atomic mass is 32.2. The lowest BCUT2D eigenvalue weighted by Gasteiger charge is -2.15. The zero-order valence-electron chi connectivity index (χ0n) is 24.7. The van der Waals surface area contributed by atoms with E-state index in [0.29, 0.717) is 21.7 Å². The second-order valence-electron chi connectivity index (χ2n) is 10.2. The van der Waals surface area contributed by atoms with Crippen LogP contribution in [0.5, 0.6) is 0 Å². The van der Waals surface area contributed by atoms with E-state index in [9.17, 15) is 27.6 Å². The van der Waals surface area contributed by atoms with Gasteiger partial charge in [0.05, 0.1) is 10.8 Å². The largest absolute Gasteiger partial charge is 0.416 e. The molecule has 3 N–H and O–H groups in total. The van der Waals surface area contributed by atoms with E-state index in [0.717, 1.165) is 17.8 Å². The van der Waals surface area contributed by atoms with Crippen LogP contribution in [0.2, 0.25) is 0 Å². The van der Waals surface area contributed by atoms with Crippen molar-refractivity contribution in [1.29, 1.82) is 0 Å². The molecule has 0 aliphatic heterocycles. The van der Waals surface area contributed by atoms with E-state index in [4.69, 9.17) is 0 Å². The van der Waals surface area contributed by atoms with E-state index in [-0.39, 0.29) is 11.4 Å². The molecule has 11 heteroatoms. The van der Waals surface area contributed by atoms with Gasteiger partial charge in [-0.25, -0.2) is 0 Å². The van der Waals surface area contributed by atoms with Crippen LogP contribution in [0.3, 0.4) is 0 Å². The zero-order valence-corrected chi connectivity index (χ0v) is 25.5. The molecular formula is C34H31F3N4O3S. The molecule has 1 atom stereocenters. The van der Waals surface area contributed by atoms with Crippen molar-refractivity contribution in [2.75, 3.05) is 29.6 Å².